The summed E-state index contributed by atoms with van der Waals surface area (Å²) in [6, 6.07) is 2.07. The van der Waals surface area contributed by atoms with E-state index < -0.39 is 77.6 Å². The fourth-order valence-corrected chi connectivity index (χ4v) is 4.13. The Labute approximate surface area is 207 Å². The summed E-state index contributed by atoms with van der Waals surface area (Å²) in [5.74, 6) is -5.87. The van der Waals surface area contributed by atoms with Crippen molar-refractivity contribution >= 4 is 22.9 Å². The molecule has 1 aliphatic rings. The highest BCUT2D eigenvalue weighted by molar-refractivity contribution is 6.33. The molecule has 2 aromatic carbocycles. The molecule has 0 atom stereocenters. The Morgan fingerprint density at radius 1 is 0.694 bits per heavy atom. The number of nitrogens with zero attached hydrogens (tertiary/aromatic N) is 4. The van der Waals surface area contributed by atoms with E-state index in [0.717, 1.165) is 12.1 Å². The number of hydrogen-bond donors (Lipinski definition) is 4. The van der Waals surface area contributed by atoms with Crippen LogP contribution in [0.4, 0.5) is 20.2 Å². The highest BCUT2D eigenvalue weighted by Gasteiger charge is 2.42. The van der Waals surface area contributed by atoms with Crippen LogP contribution in [-0.4, -0.2) is 110 Å². The molecule has 0 aliphatic heterocycles. The van der Waals surface area contributed by atoms with E-state index in [1.54, 1.807) is 0 Å². The number of phenolic OH excluding ortho intramolecular Hbond substituents is 2. The molecule has 0 saturated heterocycles. The summed E-state index contributed by atoms with van der Waals surface area (Å²) in [6.45, 7) is 0.112. The molecule has 0 radical (unpaired) electrons. The molecule has 1 aliphatic carbocycles. The molecule has 0 bridgehead atoms. The van der Waals surface area contributed by atoms with Crippen LogP contribution in [0.25, 0.3) is 0 Å². The van der Waals surface area contributed by atoms with E-state index in [-0.39, 0.29) is 26.2 Å². The zero-order chi connectivity index (χ0) is 27.3. The van der Waals surface area contributed by atoms with Crippen molar-refractivity contribution in [2.45, 2.75) is 0 Å². The topological polar surface area (TPSA) is 122 Å². The zero-order valence-corrected chi connectivity index (χ0v) is 21.1. The lowest BCUT2D eigenvalue weighted by molar-refractivity contribution is -1.07. The molecular weight excluding hydrogens is 478 g/mol. The Hall–Kier alpha value is -3.32. The third kappa shape index (κ3) is 4.98. The molecule has 0 unspecified atom stereocenters. The first-order valence-corrected chi connectivity index (χ1v) is 11.2. The molecule has 4 N–H and O–H groups in total. The molecule has 2 aromatic rings. The zero-order valence-electron chi connectivity index (χ0n) is 21.1. The molecule has 196 valence electrons. The second kappa shape index (κ2) is 9.28. The van der Waals surface area contributed by atoms with Gasteiger partial charge in [0.2, 0.25) is 11.6 Å². The van der Waals surface area contributed by atoms with Crippen LogP contribution in [0.3, 0.4) is 0 Å². The Morgan fingerprint density at radius 3 is 1.28 bits per heavy atom. The fraction of sp³-hybridized carbons (Fsp3) is 0.417. The third-order valence-electron chi connectivity index (χ3n) is 6.13. The summed E-state index contributed by atoms with van der Waals surface area (Å²) >= 11 is 0. The Morgan fingerprint density at radius 2 is 1.00 bits per heavy atom. The van der Waals surface area contributed by atoms with E-state index in [1.165, 1.54) is 52.1 Å². The Balaban J connectivity index is 2.33. The lowest BCUT2D eigenvalue weighted by Crippen LogP contribution is -2.43. The first-order chi connectivity index (χ1) is 16.5. The summed E-state index contributed by atoms with van der Waals surface area (Å²) in [5.41, 5.74) is -2.94. The number of ketones is 2. The second-order valence-corrected chi connectivity index (χ2v) is 10.1. The number of quaternary nitrogens is 2. The average Bonchev–Trinajstić information content (AvgIpc) is 2.75. The van der Waals surface area contributed by atoms with Crippen LogP contribution < -0.4 is 9.80 Å². The van der Waals surface area contributed by atoms with Crippen LogP contribution in [0.2, 0.25) is 0 Å². The number of aromatic hydroxyl groups is 2. The van der Waals surface area contributed by atoms with Crippen molar-refractivity contribution in [2.24, 2.45) is 0 Å². The number of hydrogen-bond acceptors (Lipinski definition) is 8. The highest BCUT2D eigenvalue weighted by atomic mass is 19.2. The van der Waals surface area contributed by atoms with Crippen LogP contribution in [0.15, 0.2) is 12.1 Å². The van der Waals surface area contributed by atoms with Crippen LogP contribution in [0, 0.1) is 11.6 Å². The second-order valence-electron chi connectivity index (χ2n) is 10.1. The van der Waals surface area contributed by atoms with Crippen LogP contribution in [-0.2, 0) is 0 Å². The predicted octanol–water partition coefficient (Wildman–Crippen LogP) is 1.95. The predicted molar refractivity (Wildman–Crippen MR) is 127 cm³/mol. The average molecular weight is 511 g/mol. The molecule has 0 heterocycles. The molecule has 0 spiro atoms. The number of carbonyl (C=O) groups is 2. The van der Waals surface area contributed by atoms with E-state index in [0.29, 0.717) is 0 Å². The van der Waals surface area contributed by atoms with E-state index in [2.05, 4.69) is 0 Å². The minimum absolute atomic E-state index is 0.0159. The summed E-state index contributed by atoms with van der Waals surface area (Å²) in [5, 5.41) is 40.8. The van der Waals surface area contributed by atoms with Crippen LogP contribution in [0.1, 0.15) is 31.8 Å². The number of likely N-dealkylation sites (N-methyl/N-ethyl adjacent to an activating group) is 4. The summed E-state index contributed by atoms with van der Waals surface area (Å²) < 4.78 is 30.4. The van der Waals surface area contributed by atoms with Gasteiger partial charge in [-0.3, -0.25) is 9.59 Å². The normalized spacial score (nSPS) is 13.5. The van der Waals surface area contributed by atoms with Crippen LogP contribution in [0.5, 0.6) is 11.5 Å². The van der Waals surface area contributed by atoms with Gasteiger partial charge in [-0.1, -0.05) is 0 Å². The first-order valence-electron chi connectivity index (χ1n) is 11.2. The smallest absolute Gasteiger partial charge is 0.200 e. The van der Waals surface area contributed by atoms with Crippen molar-refractivity contribution in [3.05, 3.63) is 46.0 Å². The lowest BCUT2D eigenvalue weighted by atomic mass is 9.80. The van der Waals surface area contributed by atoms with Gasteiger partial charge >= 0.3 is 0 Å². The van der Waals surface area contributed by atoms with Crippen molar-refractivity contribution in [1.82, 2.24) is 0 Å². The Bertz CT molecular complexity index is 1140. The van der Waals surface area contributed by atoms with Crippen molar-refractivity contribution in [3.63, 3.8) is 0 Å². The highest BCUT2D eigenvalue weighted by Crippen LogP contribution is 2.46. The number of hydroxylamine groups is 6. The quantitative estimate of drug-likeness (QED) is 0.206. The van der Waals surface area contributed by atoms with Crippen molar-refractivity contribution < 1.29 is 48.3 Å². The molecule has 36 heavy (non-hydrogen) atoms. The molecular formula is C24H32F2N4O6+2. The van der Waals surface area contributed by atoms with Gasteiger partial charge in [0, 0.05) is 14.1 Å². The lowest BCUT2D eigenvalue weighted by Gasteiger charge is -2.33. The van der Waals surface area contributed by atoms with Gasteiger partial charge in [-0.25, -0.2) is 19.2 Å². The molecule has 0 aromatic heterocycles. The number of anilines is 2. The van der Waals surface area contributed by atoms with Crippen molar-refractivity contribution in [3.8, 4) is 11.5 Å². The van der Waals surface area contributed by atoms with Gasteiger partial charge in [-0.05, 0) is 12.1 Å². The van der Waals surface area contributed by atoms with Gasteiger partial charge < -0.3 is 20.0 Å². The van der Waals surface area contributed by atoms with Gasteiger partial charge in [-0.15, -0.1) is 0 Å². The van der Waals surface area contributed by atoms with Gasteiger partial charge in [0.1, 0.15) is 24.6 Å². The maximum atomic E-state index is 15.7. The molecule has 12 heteroatoms. The van der Waals surface area contributed by atoms with Gasteiger partial charge in [0.05, 0.1) is 74.9 Å². The molecule has 3 rings (SSSR count). The minimum atomic E-state index is -1.39. The number of benzene rings is 2. The van der Waals surface area contributed by atoms with E-state index in [1.807, 2.05) is 0 Å². The third-order valence-corrected chi connectivity index (χ3v) is 6.13. The first kappa shape index (κ1) is 27.3. The van der Waals surface area contributed by atoms with E-state index in [4.69, 9.17) is 0 Å². The maximum absolute atomic E-state index is 15.7. The van der Waals surface area contributed by atoms with Crippen molar-refractivity contribution in [1.29, 1.82) is 0 Å². The number of phenols is 2. The largest absolute Gasteiger partial charge is 0.507 e. The summed E-state index contributed by atoms with van der Waals surface area (Å²) in [6.07, 6.45) is 0. The molecule has 0 amide bonds. The maximum Gasteiger partial charge on any atom is 0.200 e. The molecule has 10 nitrogen and oxygen atoms in total. The monoisotopic (exact) mass is 510 g/mol. The SMILES string of the molecule is CN(CC[N+](C)(C)O)c1c(F)c(F)c(N(C)CC[N+](C)(C)O)c2c1C(=O)c1c(O)ccc(O)c1C2=O. The van der Waals surface area contributed by atoms with Gasteiger partial charge in [-0.2, -0.15) is 9.29 Å². The molecule has 0 saturated carbocycles. The summed E-state index contributed by atoms with van der Waals surface area (Å²) in [7, 11) is 8.68. The van der Waals surface area contributed by atoms with Crippen LogP contribution >= 0.6 is 0 Å². The van der Waals surface area contributed by atoms with E-state index >= 15 is 8.78 Å². The number of carbonyl (C=O) groups excluding carboxylic acids is 2. The number of fused-ring (bicyclic) bond motifs is 2. The Kier molecular flexibility index (Phi) is 7.03. The summed E-state index contributed by atoms with van der Waals surface area (Å²) in [4.78, 5) is 29.8. The van der Waals surface area contributed by atoms with Gasteiger partial charge in [0.15, 0.2) is 11.6 Å². The number of rotatable bonds is 8. The minimum Gasteiger partial charge on any atom is -0.507 e. The standard InChI is InChI=1S/C24H30F2N4O6/c1-27(9-11-29(3,4)35)21-17-18(22(20(26)19(21)25)28(2)10-12-30(5,6)36)24(34)16-14(32)8-7-13(31)15(16)23(17)33/h7-8,35-36H,9-12H2,1-6H3/p+2. The van der Waals surface area contributed by atoms with Gasteiger partial charge in [0.25, 0.3) is 0 Å². The number of halogens is 2. The molecule has 0 fully saturated rings. The van der Waals surface area contributed by atoms with E-state index in [9.17, 15) is 30.2 Å². The van der Waals surface area contributed by atoms with Crippen molar-refractivity contribution in [2.75, 3.05) is 78.3 Å². The fourth-order valence-electron chi connectivity index (χ4n) is 4.13.